The maximum Gasteiger partial charge on any atom is 0.301 e. The van der Waals surface area contributed by atoms with E-state index in [0.29, 0.717) is 6.61 Å². The average Bonchev–Trinajstić information content (AvgIpc) is 2.72. The summed E-state index contributed by atoms with van der Waals surface area (Å²) in [4.78, 5) is 21.1. The molecule has 2 aromatic rings. The summed E-state index contributed by atoms with van der Waals surface area (Å²) in [6.07, 6.45) is 2.64. The van der Waals surface area contributed by atoms with E-state index in [0.717, 1.165) is 36.6 Å². The van der Waals surface area contributed by atoms with Crippen LogP contribution < -0.4 is 5.43 Å². The molecule has 0 bridgehead atoms. The van der Waals surface area contributed by atoms with Crippen molar-refractivity contribution in [2.45, 2.75) is 52.2 Å². The monoisotopic (exact) mass is 426 g/mol. The molecule has 31 heavy (non-hydrogen) atoms. The molecule has 9 heteroatoms. The molecule has 2 aromatic carbocycles. The van der Waals surface area contributed by atoms with Gasteiger partial charge < -0.3 is 4.74 Å². The summed E-state index contributed by atoms with van der Waals surface area (Å²) in [5, 5.41) is 27.0. The molecule has 1 fully saturated rings. The Morgan fingerprint density at radius 3 is 2.39 bits per heavy atom. The fraction of sp³-hybridized carbons (Fsp3) is 0.409. The van der Waals surface area contributed by atoms with Crippen LogP contribution in [0.3, 0.4) is 0 Å². The van der Waals surface area contributed by atoms with Gasteiger partial charge in [-0.1, -0.05) is 44.2 Å². The molecule has 0 radical (unpaired) electrons. The number of hydrazone groups is 1. The lowest BCUT2D eigenvalue weighted by Gasteiger charge is -2.44. The van der Waals surface area contributed by atoms with Gasteiger partial charge in [0.1, 0.15) is 11.3 Å². The van der Waals surface area contributed by atoms with Gasteiger partial charge >= 0.3 is 5.69 Å². The van der Waals surface area contributed by atoms with E-state index >= 15 is 0 Å². The highest BCUT2D eigenvalue weighted by molar-refractivity contribution is 5.98. The second-order valence-electron chi connectivity index (χ2n) is 8.53. The molecule has 1 atom stereocenters. The summed E-state index contributed by atoms with van der Waals surface area (Å²) in [6, 6.07) is 13.3. The van der Waals surface area contributed by atoms with Crippen molar-refractivity contribution < 1.29 is 14.6 Å². The fourth-order valence-electron chi connectivity index (χ4n) is 4.04. The first kappa shape index (κ1) is 22.4. The quantitative estimate of drug-likeness (QED) is 0.464. The predicted molar refractivity (Wildman–Crippen MR) is 118 cm³/mol. The number of hydrogen-bond acceptors (Lipinski definition) is 7. The number of nitrogens with zero attached hydrogens (tertiary/aromatic N) is 3. The van der Waals surface area contributed by atoms with Gasteiger partial charge in [-0.25, -0.2) is 0 Å². The minimum absolute atomic E-state index is 0.0925. The molecule has 1 N–H and O–H groups in total. The summed E-state index contributed by atoms with van der Waals surface area (Å²) in [7, 11) is 0. The zero-order valence-electron chi connectivity index (χ0n) is 17.8. The smallest absolute Gasteiger partial charge is 0.301 e. The van der Waals surface area contributed by atoms with E-state index in [2.05, 4.69) is 24.4 Å². The zero-order chi connectivity index (χ0) is 22.6. The third-order valence-corrected chi connectivity index (χ3v) is 5.67. The summed E-state index contributed by atoms with van der Waals surface area (Å²) in [5.74, 6) is 0. The molecule has 0 spiro atoms. The van der Waals surface area contributed by atoms with Crippen molar-refractivity contribution in [3.63, 3.8) is 0 Å². The average molecular weight is 426 g/mol. The highest BCUT2D eigenvalue weighted by Crippen LogP contribution is 2.41. The van der Waals surface area contributed by atoms with Crippen molar-refractivity contribution >= 4 is 22.8 Å². The standard InChI is InChI=1S/C22H26N4O5/c1-21(2)12-7-13-22(3,31-15-16-8-5-4-6-9-16)20(21)24-23-18-11-10-17(25(27)28)14-19(18)26(29)30/h4-6,8-11,14,23H,7,12-13,15H2,1-3H3/b24-20-. The highest BCUT2D eigenvalue weighted by atomic mass is 16.6. The Labute approximate surface area is 180 Å². The number of benzene rings is 2. The maximum atomic E-state index is 11.4. The molecular weight excluding hydrogens is 400 g/mol. The van der Waals surface area contributed by atoms with E-state index in [1.165, 1.54) is 12.1 Å². The summed E-state index contributed by atoms with van der Waals surface area (Å²) >= 11 is 0. The molecule has 9 nitrogen and oxygen atoms in total. The molecule has 1 saturated carbocycles. The van der Waals surface area contributed by atoms with Crippen LogP contribution in [0.2, 0.25) is 0 Å². The van der Waals surface area contributed by atoms with Gasteiger partial charge in [0.05, 0.1) is 28.2 Å². The molecule has 0 aromatic heterocycles. The maximum absolute atomic E-state index is 11.4. The van der Waals surface area contributed by atoms with Gasteiger partial charge in [0.15, 0.2) is 0 Å². The van der Waals surface area contributed by atoms with Crippen LogP contribution in [0.5, 0.6) is 0 Å². The molecule has 0 heterocycles. The SMILES string of the molecule is CC1(C)CCCC(C)(OCc2ccccc2)/C1=N\Nc1ccc([N+](=O)[O-])cc1[N+](=O)[O-]. The van der Waals surface area contributed by atoms with Crippen LogP contribution in [0.1, 0.15) is 45.6 Å². The van der Waals surface area contributed by atoms with Crippen molar-refractivity contribution in [1.82, 2.24) is 0 Å². The Morgan fingerprint density at radius 2 is 1.74 bits per heavy atom. The first-order chi connectivity index (χ1) is 14.6. The van der Waals surface area contributed by atoms with Crippen molar-refractivity contribution in [1.29, 1.82) is 0 Å². The lowest BCUT2D eigenvalue weighted by molar-refractivity contribution is -0.393. The second kappa shape index (κ2) is 8.81. The Kier molecular flexibility index (Phi) is 6.35. The minimum atomic E-state index is -0.665. The van der Waals surface area contributed by atoms with Crippen LogP contribution in [-0.4, -0.2) is 21.2 Å². The van der Waals surface area contributed by atoms with Gasteiger partial charge in [-0.05, 0) is 37.8 Å². The third kappa shape index (κ3) is 5.05. The van der Waals surface area contributed by atoms with E-state index in [1.807, 2.05) is 37.3 Å². The van der Waals surface area contributed by atoms with Crippen molar-refractivity contribution in [3.05, 3.63) is 74.3 Å². The second-order valence-corrected chi connectivity index (χ2v) is 8.53. The van der Waals surface area contributed by atoms with Gasteiger partial charge in [-0.2, -0.15) is 5.10 Å². The highest BCUT2D eigenvalue weighted by Gasteiger charge is 2.44. The topological polar surface area (TPSA) is 120 Å². The molecule has 1 unspecified atom stereocenters. The van der Waals surface area contributed by atoms with Crippen molar-refractivity contribution in [3.8, 4) is 0 Å². The lowest BCUT2D eigenvalue weighted by atomic mass is 9.68. The number of ether oxygens (including phenoxy) is 1. The van der Waals surface area contributed by atoms with E-state index in [9.17, 15) is 20.2 Å². The first-order valence-corrected chi connectivity index (χ1v) is 10.1. The Morgan fingerprint density at radius 1 is 1.03 bits per heavy atom. The zero-order valence-corrected chi connectivity index (χ0v) is 17.8. The van der Waals surface area contributed by atoms with Crippen molar-refractivity contribution in [2.75, 3.05) is 5.43 Å². The van der Waals surface area contributed by atoms with E-state index in [-0.39, 0.29) is 16.8 Å². The molecule has 1 aliphatic carbocycles. The summed E-state index contributed by atoms with van der Waals surface area (Å²) in [6.45, 7) is 6.55. The van der Waals surface area contributed by atoms with Crippen LogP contribution in [0, 0.1) is 25.6 Å². The van der Waals surface area contributed by atoms with Gasteiger partial charge in [-0.15, -0.1) is 0 Å². The number of hydrogen-bond donors (Lipinski definition) is 1. The normalized spacial score (nSPS) is 21.6. The van der Waals surface area contributed by atoms with Crippen LogP contribution in [-0.2, 0) is 11.3 Å². The molecule has 0 aliphatic heterocycles. The van der Waals surface area contributed by atoms with Crippen LogP contribution in [0.25, 0.3) is 0 Å². The lowest BCUT2D eigenvalue weighted by Crippen LogP contribution is -2.50. The molecular formula is C22H26N4O5. The largest absolute Gasteiger partial charge is 0.365 e. The van der Waals surface area contributed by atoms with Gasteiger partial charge in [0, 0.05) is 11.5 Å². The number of rotatable bonds is 7. The van der Waals surface area contributed by atoms with Crippen LogP contribution in [0.4, 0.5) is 17.1 Å². The van der Waals surface area contributed by atoms with Gasteiger partial charge in [0.2, 0.25) is 0 Å². The summed E-state index contributed by atoms with van der Waals surface area (Å²) < 4.78 is 6.33. The van der Waals surface area contributed by atoms with E-state index < -0.39 is 21.1 Å². The number of anilines is 1. The molecule has 0 saturated heterocycles. The van der Waals surface area contributed by atoms with Crippen molar-refractivity contribution in [2.24, 2.45) is 10.5 Å². The minimum Gasteiger partial charge on any atom is -0.365 e. The first-order valence-electron chi connectivity index (χ1n) is 10.1. The molecule has 164 valence electrons. The van der Waals surface area contributed by atoms with Crippen LogP contribution >= 0.6 is 0 Å². The Bertz CT molecular complexity index is 1010. The number of nitro groups is 2. The number of nitro benzene ring substituents is 2. The molecule has 1 aliphatic rings. The fourth-order valence-corrected chi connectivity index (χ4v) is 4.04. The Hall–Kier alpha value is -3.33. The predicted octanol–water partition coefficient (Wildman–Crippen LogP) is 5.46. The van der Waals surface area contributed by atoms with E-state index in [1.54, 1.807) is 0 Å². The molecule has 3 rings (SSSR count). The molecule has 0 amide bonds. The van der Waals surface area contributed by atoms with Crippen LogP contribution in [0.15, 0.2) is 53.6 Å². The summed E-state index contributed by atoms with van der Waals surface area (Å²) in [5.41, 5.74) is 2.99. The number of nitrogens with one attached hydrogen (secondary N) is 1. The van der Waals surface area contributed by atoms with E-state index in [4.69, 9.17) is 4.74 Å². The van der Waals surface area contributed by atoms with Gasteiger partial charge in [-0.3, -0.25) is 25.7 Å². The third-order valence-electron chi connectivity index (χ3n) is 5.67. The Balaban J connectivity index is 1.91. The number of non-ortho nitro benzene ring substituents is 1. The van der Waals surface area contributed by atoms with Gasteiger partial charge in [0.25, 0.3) is 5.69 Å².